The predicted molar refractivity (Wildman–Crippen MR) is 146 cm³/mol. The van der Waals surface area contributed by atoms with Crippen molar-refractivity contribution in [2.75, 3.05) is 12.4 Å². The van der Waals surface area contributed by atoms with Crippen molar-refractivity contribution in [3.63, 3.8) is 0 Å². The van der Waals surface area contributed by atoms with Crippen LogP contribution in [-0.4, -0.2) is 17.5 Å². The molecule has 0 unspecified atom stereocenters. The van der Waals surface area contributed by atoms with Gasteiger partial charge in [-0.25, -0.2) is 0 Å². The summed E-state index contributed by atoms with van der Waals surface area (Å²) in [5.74, 6) is 1.86. The third-order valence-corrected chi connectivity index (χ3v) is 8.61. The number of alkyl halides is 3. The van der Waals surface area contributed by atoms with E-state index in [1.54, 1.807) is 18.2 Å². The maximum Gasteiger partial charge on any atom is 0.421 e. The van der Waals surface area contributed by atoms with Gasteiger partial charge in [0.15, 0.2) is 5.12 Å². The van der Waals surface area contributed by atoms with Gasteiger partial charge in [0.05, 0.1) is 6.61 Å². The summed E-state index contributed by atoms with van der Waals surface area (Å²) in [6.07, 6.45) is 3.33. The molecule has 1 aromatic heterocycles. The van der Waals surface area contributed by atoms with Gasteiger partial charge in [-0.05, 0) is 49.8 Å². The fourth-order valence-corrected chi connectivity index (χ4v) is 6.15. The number of unbranched alkanes of at least 4 members (excludes halogenated alkanes) is 5. The van der Waals surface area contributed by atoms with Crippen molar-refractivity contribution in [3.8, 4) is 5.75 Å². The van der Waals surface area contributed by atoms with Gasteiger partial charge in [0.2, 0.25) is 4.74 Å². The van der Waals surface area contributed by atoms with Gasteiger partial charge in [-0.3, -0.25) is 9.59 Å². The first kappa shape index (κ1) is 30.7. The average Bonchev–Trinajstić information content (AvgIpc) is 2.77. The molecule has 0 aliphatic carbocycles. The number of ether oxygens (including phenoxy) is 1. The first-order chi connectivity index (χ1) is 16.8. The Bertz CT molecular complexity index is 1060. The van der Waals surface area contributed by atoms with Crippen LogP contribution in [0.15, 0.2) is 23.0 Å². The van der Waals surface area contributed by atoms with Gasteiger partial charge in [0, 0.05) is 21.3 Å². The Balaban J connectivity index is 1.71. The lowest BCUT2D eigenvalue weighted by molar-refractivity contribution is -0.138. The SMILES string of the molecule is Cc1c(C(F)(F)F)c(=O)sc2cccc(OCCCCCCCCSC(=O)C(C)(C)CCC(C)C)c12. The first-order valence-corrected chi connectivity index (χ1v) is 14.6. The van der Waals surface area contributed by atoms with E-state index >= 15 is 0 Å². The summed E-state index contributed by atoms with van der Waals surface area (Å²) in [5.41, 5.74) is -1.43. The minimum atomic E-state index is -4.69. The van der Waals surface area contributed by atoms with Crippen molar-refractivity contribution in [1.82, 2.24) is 0 Å². The van der Waals surface area contributed by atoms with E-state index in [9.17, 15) is 22.8 Å². The highest BCUT2D eigenvalue weighted by Gasteiger charge is 2.37. The number of carbonyl (C=O) groups is 1. The number of halogens is 3. The lowest BCUT2D eigenvalue weighted by Crippen LogP contribution is -2.22. The third kappa shape index (κ3) is 9.09. The zero-order valence-electron chi connectivity index (χ0n) is 22.1. The Morgan fingerprint density at radius 1 is 1.06 bits per heavy atom. The summed E-state index contributed by atoms with van der Waals surface area (Å²) in [6, 6.07) is 5.02. The van der Waals surface area contributed by atoms with Gasteiger partial charge in [-0.15, -0.1) is 0 Å². The van der Waals surface area contributed by atoms with Crippen molar-refractivity contribution in [3.05, 3.63) is 38.9 Å². The fourth-order valence-electron chi connectivity index (χ4n) is 4.05. The van der Waals surface area contributed by atoms with Gasteiger partial charge < -0.3 is 4.74 Å². The molecule has 1 heterocycles. The molecule has 0 atom stereocenters. The molecule has 0 spiro atoms. The quantitative estimate of drug-likeness (QED) is 0.223. The normalized spacial score (nSPS) is 12.5. The summed E-state index contributed by atoms with van der Waals surface area (Å²) in [7, 11) is 0. The smallest absolute Gasteiger partial charge is 0.421 e. The molecule has 3 nitrogen and oxygen atoms in total. The Hall–Kier alpha value is -1.54. The molecule has 36 heavy (non-hydrogen) atoms. The van der Waals surface area contributed by atoms with Crippen LogP contribution in [0.4, 0.5) is 13.2 Å². The van der Waals surface area contributed by atoms with Crippen molar-refractivity contribution in [2.24, 2.45) is 11.3 Å². The van der Waals surface area contributed by atoms with E-state index < -0.39 is 16.5 Å². The Morgan fingerprint density at radius 3 is 2.33 bits per heavy atom. The van der Waals surface area contributed by atoms with Crippen molar-refractivity contribution in [1.29, 1.82) is 0 Å². The second-order valence-corrected chi connectivity index (χ2v) is 12.5. The Labute approximate surface area is 221 Å². The molecule has 8 heteroatoms. The van der Waals surface area contributed by atoms with Crippen molar-refractivity contribution in [2.45, 2.75) is 92.2 Å². The van der Waals surface area contributed by atoms with Gasteiger partial charge in [-0.1, -0.05) is 89.0 Å². The van der Waals surface area contributed by atoms with Gasteiger partial charge in [0.1, 0.15) is 11.3 Å². The highest BCUT2D eigenvalue weighted by Crippen LogP contribution is 2.37. The number of rotatable bonds is 14. The molecular formula is C28H39F3O3S2. The molecule has 0 bridgehead atoms. The summed E-state index contributed by atoms with van der Waals surface area (Å²) in [5, 5.41) is 0.660. The van der Waals surface area contributed by atoms with Crippen molar-refractivity contribution < 1.29 is 22.7 Å². The van der Waals surface area contributed by atoms with Crippen LogP contribution in [0.1, 0.15) is 90.2 Å². The molecule has 0 aliphatic heterocycles. The Morgan fingerprint density at radius 2 is 1.69 bits per heavy atom. The minimum absolute atomic E-state index is 0.0727. The predicted octanol–water partition coefficient (Wildman–Crippen LogP) is 9.03. The number of benzene rings is 1. The second-order valence-electron chi connectivity index (χ2n) is 10.4. The molecule has 0 radical (unpaired) electrons. The highest BCUT2D eigenvalue weighted by molar-refractivity contribution is 8.13. The van der Waals surface area contributed by atoms with E-state index in [-0.39, 0.29) is 11.0 Å². The molecular weight excluding hydrogens is 505 g/mol. The van der Waals surface area contributed by atoms with Crippen LogP contribution in [0.25, 0.3) is 10.1 Å². The van der Waals surface area contributed by atoms with Gasteiger partial charge in [-0.2, -0.15) is 13.2 Å². The maximum absolute atomic E-state index is 13.4. The molecule has 2 aromatic rings. The summed E-state index contributed by atoms with van der Waals surface area (Å²) < 4.78 is 45.5. The number of hydrogen-bond donors (Lipinski definition) is 0. The average molecular weight is 545 g/mol. The molecule has 0 saturated heterocycles. The monoisotopic (exact) mass is 544 g/mol. The molecule has 0 saturated carbocycles. The first-order valence-electron chi connectivity index (χ1n) is 12.8. The molecule has 1 aromatic carbocycles. The number of carbonyl (C=O) groups excluding carboxylic acids is 1. The summed E-state index contributed by atoms with van der Waals surface area (Å²) in [6.45, 7) is 10.2. The molecule has 0 aliphatic rings. The van der Waals surface area contributed by atoms with E-state index in [1.165, 1.54) is 18.7 Å². The van der Waals surface area contributed by atoms with Gasteiger partial charge >= 0.3 is 6.18 Å². The van der Waals surface area contributed by atoms with E-state index in [0.29, 0.717) is 44.8 Å². The van der Waals surface area contributed by atoms with E-state index in [2.05, 4.69) is 13.8 Å². The largest absolute Gasteiger partial charge is 0.493 e. The molecule has 0 fully saturated rings. The maximum atomic E-state index is 13.4. The topological polar surface area (TPSA) is 43.4 Å². The van der Waals surface area contributed by atoms with Crippen LogP contribution >= 0.6 is 23.1 Å². The standard InChI is InChI=1S/C28H39F3O3S2/c1-19(2)15-16-27(4,5)26(33)35-18-11-9-7-6-8-10-17-34-21-13-12-14-22-23(21)20(3)24(25(32)36-22)28(29,30)31/h12-14,19H,6-11,15-18H2,1-5H3. The van der Waals surface area contributed by atoms with Crippen LogP contribution in [0.3, 0.4) is 0 Å². The zero-order valence-corrected chi connectivity index (χ0v) is 23.7. The summed E-state index contributed by atoms with van der Waals surface area (Å²) in [4.78, 5) is 24.5. The van der Waals surface area contributed by atoms with E-state index in [4.69, 9.17) is 4.74 Å². The Kier molecular flexibility index (Phi) is 11.8. The number of fused-ring (bicyclic) bond motifs is 1. The third-order valence-electron chi connectivity index (χ3n) is 6.36. The zero-order chi connectivity index (χ0) is 26.9. The summed E-state index contributed by atoms with van der Waals surface area (Å²) >= 11 is 2.07. The lowest BCUT2D eigenvalue weighted by Gasteiger charge is -2.23. The van der Waals surface area contributed by atoms with E-state index in [0.717, 1.165) is 57.1 Å². The van der Waals surface area contributed by atoms with Gasteiger partial charge in [0.25, 0.3) is 0 Å². The van der Waals surface area contributed by atoms with Crippen LogP contribution in [0.5, 0.6) is 5.75 Å². The molecule has 202 valence electrons. The highest BCUT2D eigenvalue weighted by atomic mass is 32.2. The molecule has 0 N–H and O–H groups in total. The van der Waals surface area contributed by atoms with Crippen molar-refractivity contribution >= 4 is 38.3 Å². The van der Waals surface area contributed by atoms with Crippen LogP contribution in [0, 0.1) is 18.3 Å². The van der Waals surface area contributed by atoms with Crippen LogP contribution in [-0.2, 0) is 11.0 Å². The second kappa shape index (κ2) is 13.8. The van der Waals surface area contributed by atoms with Crippen LogP contribution < -0.4 is 9.48 Å². The fraction of sp³-hybridized carbons (Fsp3) is 0.643. The molecule has 0 amide bonds. The molecule has 2 rings (SSSR count). The van der Waals surface area contributed by atoms with E-state index in [1.807, 2.05) is 13.8 Å². The number of hydrogen-bond acceptors (Lipinski definition) is 5. The number of thioether (sulfide) groups is 1. The minimum Gasteiger partial charge on any atom is -0.493 e. The van der Waals surface area contributed by atoms with Crippen LogP contribution in [0.2, 0.25) is 0 Å². The lowest BCUT2D eigenvalue weighted by atomic mass is 9.87. The number of aryl methyl sites for hydroxylation is 1.